The van der Waals surface area contributed by atoms with Crippen LogP contribution in [0.15, 0.2) is 23.7 Å². The van der Waals surface area contributed by atoms with E-state index in [9.17, 15) is 4.79 Å². The maximum Gasteiger partial charge on any atom is 0.317 e. The van der Waals surface area contributed by atoms with Crippen LogP contribution in [0.1, 0.15) is 16.1 Å². The van der Waals surface area contributed by atoms with Crippen molar-refractivity contribution in [1.82, 2.24) is 20.0 Å². The number of aryl methyl sites for hydroxylation is 2. The van der Waals surface area contributed by atoms with E-state index in [0.717, 1.165) is 5.69 Å². The van der Waals surface area contributed by atoms with Crippen LogP contribution in [0.3, 0.4) is 0 Å². The largest absolute Gasteiger partial charge is 0.332 e. The van der Waals surface area contributed by atoms with E-state index >= 15 is 0 Å². The summed E-state index contributed by atoms with van der Waals surface area (Å²) < 4.78 is 1.75. The number of nitrogens with one attached hydrogen (secondary N) is 1. The lowest BCUT2D eigenvalue weighted by atomic mass is 10.3. The molecule has 2 aromatic rings. The van der Waals surface area contributed by atoms with Gasteiger partial charge in [-0.1, -0.05) is 0 Å². The number of nitrogens with zero attached hydrogens (tertiary/aromatic N) is 3. The quantitative estimate of drug-likeness (QED) is 0.931. The van der Waals surface area contributed by atoms with Crippen LogP contribution >= 0.6 is 11.3 Å². The molecule has 19 heavy (non-hydrogen) atoms. The van der Waals surface area contributed by atoms with Gasteiger partial charge in [0.25, 0.3) is 0 Å². The highest BCUT2D eigenvalue weighted by Crippen LogP contribution is 2.17. The van der Waals surface area contributed by atoms with Gasteiger partial charge in [0, 0.05) is 25.2 Å². The van der Waals surface area contributed by atoms with Crippen LogP contribution in [0.25, 0.3) is 0 Å². The van der Waals surface area contributed by atoms with Crippen LogP contribution in [-0.4, -0.2) is 27.8 Å². The molecule has 0 bridgehead atoms. The predicted molar refractivity (Wildman–Crippen MR) is 76.0 cm³/mol. The third kappa shape index (κ3) is 3.35. The van der Waals surface area contributed by atoms with Gasteiger partial charge in [-0.15, -0.1) is 11.3 Å². The van der Waals surface area contributed by atoms with Crippen LogP contribution < -0.4 is 5.32 Å². The number of thiophene rings is 1. The molecule has 2 rings (SSSR count). The van der Waals surface area contributed by atoms with Gasteiger partial charge in [-0.2, -0.15) is 5.10 Å². The maximum atomic E-state index is 12.0. The van der Waals surface area contributed by atoms with E-state index in [1.54, 1.807) is 34.2 Å². The molecule has 0 aromatic carbocycles. The fraction of sp³-hybridized carbons (Fsp3) is 0.385. The van der Waals surface area contributed by atoms with Crippen LogP contribution in [0.2, 0.25) is 0 Å². The Balaban J connectivity index is 1.86. The zero-order valence-corrected chi connectivity index (χ0v) is 12.2. The number of aromatic nitrogens is 2. The highest BCUT2D eigenvalue weighted by molar-refractivity contribution is 7.10. The Morgan fingerprint density at radius 2 is 2.32 bits per heavy atom. The molecule has 0 saturated heterocycles. The lowest BCUT2D eigenvalue weighted by Gasteiger charge is -2.17. The van der Waals surface area contributed by atoms with Crippen molar-refractivity contribution in [3.63, 3.8) is 0 Å². The monoisotopic (exact) mass is 278 g/mol. The van der Waals surface area contributed by atoms with Gasteiger partial charge in [0.1, 0.15) is 0 Å². The number of hydrogen-bond acceptors (Lipinski definition) is 3. The first-order valence-electron chi connectivity index (χ1n) is 6.06. The van der Waals surface area contributed by atoms with E-state index in [-0.39, 0.29) is 6.03 Å². The highest BCUT2D eigenvalue weighted by atomic mass is 32.1. The second-order valence-corrected chi connectivity index (χ2v) is 5.49. The molecule has 0 atom stereocenters. The Hall–Kier alpha value is -1.82. The summed E-state index contributed by atoms with van der Waals surface area (Å²) in [5, 5.41) is 9.00. The summed E-state index contributed by atoms with van der Waals surface area (Å²) in [7, 11) is 3.66. The summed E-state index contributed by atoms with van der Waals surface area (Å²) in [4.78, 5) is 14.9. The van der Waals surface area contributed by atoms with E-state index < -0.39 is 0 Å². The lowest BCUT2D eigenvalue weighted by Crippen LogP contribution is -2.36. The van der Waals surface area contributed by atoms with Crippen molar-refractivity contribution in [2.24, 2.45) is 7.05 Å². The van der Waals surface area contributed by atoms with Crippen LogP contribution in [-0.2, 0) is 20.1 Å². The third-order valence-electron chi connectivity index (χ3n) is 3.04. The van der Waals surface area contributed by atoms with E-state index in [4.69, 9.17) is 0 Å². The topological polar surface area (TPSA) is 50.2 Å². The molecule has 6 heteroatoms. The summed E-state index contributed by atoms with van der Waals surface area (Å²) >= 11 is 1.68. The van der Waals surface area contributed by atoms with Crippen LogP contribution in [0.5, 0.6) is 0 Å². The summed E-state index contributed by atoms with van der Waals surface area (Å²) in [6.45, 7) is 3.19. The minimum atomic E-state index is -0.0750. The number of carbonyl (C=O) groups is 1. The van der Waals surface area contributed by atoms with Gasteiger partial charge in [-0.05, 0) is 30.0 Å². The first-order valence-corrected chi connectivity index (χ1v) is 6.94. The molecule has 0 aliphatic rings. The second-order valence-electron chi connectivity index (χ2n) is 4.49. The summed E-state index contributed by atoms with van der Waals surface area (Å²) in [6, 6.07) is 3.89. The van der Waals surface area contributed by atoms with E-state index in [2.05, 4.69) is 23.4 Å². The zero-order valence-electron chi connectivity index (χ0n) is 11.4. The van der Waals surface area contributed by atoms with Crippen molar-refractivity contribution >= 4 is 17.4 Å². The molecule has 2 aromatic heterocycles. The highest BCUT2D eigenvalue weighted by Gasteiger charge is 2.11. The van der Waals surface area contributed by atoms with Crippen molar-refractivity contribution in [3.8, 4) is 0 Å². The normalized spacial score (nSPS) is 10.5. The minimum Gasteiger partial charge on any atom is -0.332 e. The molecule has 102 valence electrons. The molecule has 0 radical (unpaired) electrons. The van der Waals surface area contributed by atoms with Gasteiger partial charge in [-0.25, -0.2) is 4.79 Å². The Morgan fingerprint density at radius 3 is 2.89 bits per heavy atom. The molecule has 0 saturated carbocycles. The molecular weight excluding hydrogens is 260 g/mol. The number of amides is 2. The molecule has 2 heterocycles. The SMILES string of the molecule is Cc1ccsc1CN(C)C(=O)NCc1ccnn1C. The Kier molecular flexibility index (Phi) is 4.21. The average Bonchev–Trinajstić information content (AvgIpc) is 2.96. The second kappa shape index (κ2) is 5.88. The average molecular weight is 278 g/mol. The van der Waals surface area contributed by atoms with Crippen LogP contribution in [0.4, 0.5) is 4.79 Å². The van der Waals surface area contributed by atoms with Gasteiger partial charge in [0.05, 0.1) is 18.8 Å². The van der Waals surface area contributed by atoms with Gasteiger partial charge in [0.2, 0.25) is 0 Å². The summed E-state index contributed by atoms with van der Waals surface area (Å²) in [5.41, 5.74) is 2.21. The van der Waals surface area contributed by atoms with Gasteiger partial charge < -0.3 is 10.2 Å². The predicted octanol–water partition coefficient (Wildman–Crippen LogP) is 2.13. The van der Waals surface area contributed by atoms with Gasteiger partial charge in [-0.3, -0.25) is 4.68 Å². The Labute approximate surface area is 116 Å². The number of urea groups is 1. The fourth-order valence-electron chi connectivity index (χ4n) is 1.73. The molecule has 0 unspecified atom stereocenters. The van der Waals surface area contributed by atoms with Crippen molar-refractivity contribution < 1.29 is 4.79 Å². The lowest BCUT2D eigenvalue weighted by molar-refractivity contribution is 0.206. The van der Waals surface area contributed by atoms with Crippen molar-refractivity contribution in [2.75, 3.05) is 7.05 Å². The molecule has 5 nitrogen and oxygen atoms in total. The number of rotatable bonds is 4. The van der Waals surface area contributed by atoms with Crippen molar-refractivity contribution in [3.05, 3.63) is 39.8 Å². The number of carbonyl (C=O) groups excluding carboxylic acids is 1. The molecule has 2 amide bonds. The first-order chi connectivity index (χ1) is 9.08. The van der Waals surface area contributed by atoms with E-state index in [0.29, 0.717) is 13.1 Å². The first kappa shape index (κ1) is 13.6. The molecule has 0 fully saturated rings. The van der Waals surface area contributed by atoms with Gasteiger partial charge in [0.15, 0.2) is 0 Å². The molecule has 0 aliphatic carbocycles. The smallest absolute Gasteiger partial charge is 0.317 e. The van der Waals surface area contributed by atoms with E-state index in [1.165, 1.54) is 10.4 Å². The van der Waals surface area contributed by atoms with Gasteiger partial charge >= 0.3 is 6.03 Å². The molecule has 0 spiro atoms. The minimum absolute atomic E-state index is 0.0750. The zero-order chi connectivity index (χ0) is 13.8. The Bertz CT molecular complexity index is 560. The standard InChI is InChI=1S/C13H18N4OS/c1-10-5-7-19-12(10)9-16(2)13(18)14-8-11-4-6-15-17(11)3/h4-7H,8-9H2,1-3H3,(H,14,18). The van der Waals surface area contributed by atoms with E-state index in [1.807, 2.05) is 18.5 Å². The summed E-state index contributed by atoms with van der Waals surface area (Å²) in [5.74, 6) is 0. The molecule has 1 N–H and O–H groups in total. The Morgan fingerprint density at radius 1 is 1.53 bits per heavy atom. The fourth-order valence-corrected chi connectivity index (χ4v) is 2.69. The van der Waals surface area contributed by atoms with Crippen molar-refractivity contribution in [2.45, 2.75) is 20.0 Å². The van der Waals surface area contributed by atoms with Crippen molar-refractivity contribution in [1.29, 1.82) is 0 Å². The maximum absolute atomic E-state index is 12.0. The molecular formula is C13H18N4OS. The molecule has 0 aliphatic heterocycles. The summed E-state index contributed by atoms with van der Waals surface area (Å²) in [6.07, 6.45) is 1.72. The number of hydrogen-bond donors (Lipinski definition) is 1. The third-order valence-corrected chi connectivity index (χ3v) is 4.05. The van der Waals surface area contributed by atoms with Crippen LogP contribution in [0, 0.1) is 6.92 Å².